The topological polar surface area (TPSA) is 90.7 Å². The van der Waals surface area contributed by atoms with E-state index in [1.54, 1.807) is 30.3 Å². The first-order valence-corrected chi connectivity index (χ1v) is 9.03. The number of hydrogen-bond donors (Lipinski definition) is 1. The Morgan fingerprint density at radius 2 is 1.85 bits per heavy atom. The summed E-state index contributed by atoms with van der Waals surface area (Å²) in [7, 11) is 0. The maximum Gasteiger partial charge on any atom is 0.293 e. The van der Waals surface area contributed by atoms with Crippen molar-refractivity contribution in [3.05, 3.63) is 58.4 Å². The molecule has 8 heteroatoms. The number of rotatable bonds is 2. The van der Waals surface area contributed by atoms with Gasteiger partial charge in [0.05, 0.1) is 15.6 Å². The molecule has 134 valence electrons. The van der Waals surface area contributed by atoms with Crippen molar-refractivity contribution < 1.29 is 18.7 Å². The Morgan fingerprint density at radius 3 is 2.70 bits per heavy atom. The number of carbonyl (C=O) groups excluding carboxylic acids is 1. The quantitative estimate of drug-likeness (QED) is 0.573. The number of nitrogens with one attached hydrogen (secondary N) is 1. The van der Waals surface area contributed by atoms with E-state index in [-0.39, 0.29) is 11.2 Å². The number of carbonyl (C=O) groups is 1. The molecule has 7 nitrogen and oxygen atoms in total. The molecular weight excluding hydrogens is 368 g/mol. The number of fused-ring (bicyclic) bond motifs is 3. The van der Waals surface area contributed by atoms with Crippen LogP contribution in [0.2, 0.25) is 0 Å². The Hall–Kier alpha value is -3.39. The number of thiazole rings is 1. The number of ether oxygens (including phenoxy) is 2. The Balaban J connectivity index is 1.48. The summed E-state index contributed by atoms with van der Waals surface area (Å²) in [6, 6.07) is 11.6. The van der Waals surface area contributed by atoms with Crippen molar-refractivity contribution in [3.63, 3.8) is 0 Å². The van der Waals surface area contributed by atoms with Gasteiger partial charge in [-0.1, -0.05) is 23.5 Å². The van der Waals surface area contributed by atoms with Crippen LogP contribution in [0.3, 0.4) is 0 Å². The average molecular weight is 380 g/mol. The van der Waals surface area contributed by atoms with E-state index in [0.29, 0.717) is 46.3 Å². The first-order chi connectivity index (χ1) is 13.2. The van der Waals surface area contributed by atoms with Crippen LogP contribution in [-0.4, -0.2) is 24.1 Å². The van der Waals surface area contributed by atoms with Gasteiger partial charge in [0.1, 0.15) is 18.8 Å². The fourth-order valence-corrected chi connectivity index (χ4v) is 3.76. The van der Waals surface area contributed by atoms with Crippen molar-refractivity contribution in [2.24, 2.45) is 0 Å². The van der Waals surface area contributed by atoms with E-state index in [1.165, 1.54) is 17.4 Å². The summed E-state index contributed by atoms with van der Waals surface area (Å²) in [6.07, 6.45) is 0. The monoisotopic (exact) mass is 380 g/mol. The molecule has 0 fully saturated rings. The summed E-state index contributed by atoms with van der Waals surface area (Å²) in [5.74, 6) is 0.700. The van der Waals surface area contributed by atoms with E-state index in [2.05, 4.69) is 10.3 Å². The van der Waals surface area contributed by atoms with Gasteiger partial charge in [-0.2, -0.15) is 0 Å². The Kier molecular flexibility index (Phi) is 3.58. The van der Waals surface area contributed by atoms with E-state index < -0.39 is 5.91 Å². The summed E-state index contributed by atoms with van der Waals surface area (Å²) >= 11 is 1.30. The molecular formula is C19H12N2O5S. The molecule has 3 heterocycles. The molecule has 5 rings (SSSR count). The van der Waals surface area contributed by atoms with E-state index in [9.17, 15) is 9.59 Å². The van der Waals surface area contributed by atoms with Crippen molar-refractivity contribution >= 4 is 43.6 Å². The van der Waals surface area contributed by atoms with Crippen LogP contribution in [0.25, 0.3) is 21.2 Å². The maximum absolute atomic E-state index is 12.5. The largest absolute Gasteiger partial charge is 0.486 e. The minimum atomic E-state index is -0.533. The summed E-state index contributed by atoms with van der Waals surface area (Å²) in [5.41, 5.74) is 0.786. The SMILES string of the molecule is O=C(Nc1nc2cc3c(cc2s1)OCCO3)c1cc(=O)c2ccccc2o1. The molecule has 2 aromatic heterocycles. The summed E-state index contributed by atoms with van der Waals surface area (Å²) in [5, 5.41) is 3.51. The van der Waals surface area contributed by atoms with Gasteiger partial charge in [-0.25, -0.2) is 4.98 Å². The van der Waals surface area contributed by atoms with Gasteiger partial charge in [-0.3, -0.25) is 14.9 Å². The smallest absolute Gasteiger partial charge is 0.293 e. The molecule has 1 N–H and O–H groups in total. The third-order valence-electron chi connectivity index (χ3n) is 4.13. The van der Waals surface area contributed by atoms with E-state index >= 15 is 0 Å². The molecule has 0 bridgehead atoms. The lowest BCUT2D eigenvalue weighted by atomic mass is 10.2. The highest BCUT2D eigenvalue weighted by Crippen LogP contribution is 2.37. The van der Waals surface area contributed by atoms with Crippen molar-refractivity contribution in [2.45, 2.75) is 0 Å². The second kappa shape index (κ2) is 6.10. The molecule has 4 aromatic rings. The van der Waals surface area contributed by atoms with E-state index in [1.807, 2.05) is 6.07 Å². The Labute approximate surface area is 156 Å². The highest BCUT2D eigenvalue weighted by molar-refractivity contribution is 7.22. The normalized spacial score (nSPS) is 13.0. The van der Waals surface area contributed by atoms with E-state index in [0.717, 1.165) is 4.70 Å². The maximum atomic E-state index is 12.5. The number of nitrogens with zero attached hydrogens (tertiary/aromatic N) is 1. The molecule has 0 atom stereocenters. The molecule has 2 aromatic carbocycles. The van der Waals surface area contributed by atoms with Crippen molar-refractivity contribution in [1.82, 2.24) is 4.98 Å². The van der Waals surface area contributed by atoms with Crippen LogP contribution in [0, 0.1) is 0 Å². The summed E-state index contributed by atoms with van der Waals surface area (Å²) in [6.45, 7) is 0.995. The molecule has 1 aliphatic rings. The lowest BCUT2D eigenvalue weighted by Crippen LogP contribution is -2.15. The number of amides is 1. The van der Waals surface area contributed by atoms with Crippen molar-refractivity contribution in [2.75, 3.05) is 18.5 Å². The number of anilines is 1. The summed E-state index contributed by atoms with van der Waals surface area (Å²) < 4.78 is 17.5. The van der Waals surface area contributed by atoms with Crippen LogP contribution in [0.4, 0.5) is 5.13 Å². The number of para-hydroxylation sites is 1. The van der Waals surface area contributed by atoms with Crippen LogP contribution < -0.4 is 20.2 Å². The van der Waals surface area contributed by atoms with Gasteiger partial charge in [0.25, 0.3) is 5.91 Å². The van der Waals surface area contributed by atoms with Gasteiger partial charge >= 0.3 is 0 Å². The summed E-state index contributed by atoms with van der Waals surface area (Å²) in [4.78, 5) is 29.1. The highest BCUT2D eigenvalue weighted by atomic mass is 32.1. The van der Waals surface area contributed by atoms with Crippen molar-refractivity contribution in [3.8, 4) is 11.5 Å². The van der Waals surface area contributed by atoms with Crippen LogP contribution in [0.5, 0.6) is 11.5 Å². The zero-order chi connectivity index (χ0) is 18.4. The van der Waals surface area contributed by atoms with Crippen LogP contribution >= 0.6 is 11.3 Å². The molecule has 0 saturated heterocycles. The van der Waals surface area contributed by atoms with Gasteiger partial charge < -0.3 is 13.9 Å². The number of aromatic nitrogens is 1. The fourth-order valence-electron chi connectivity index (χ4n) is 2.89. The molecule has 27 heavy (non-hydrogen) atoms. The molecule has 1 aliphatic heterocycles. The van der Waals surface area contributed by atoms with Crippen LogP contribution in [-0.2, 0) is 0 Å². The zero-order valence-corrected chi connectivity index (χ0v) is 14.7. The molecule has 0 aliphatic carbocycles. The number of hydrogen-bond acceptors (Lipinski definition) is 7. The third kappa shape index (κ3) is 2.80. The minimum absolute atomic E-state index is 0.0658. The first-order valence-electron chi connectivity index (χ1n) is 8.22. The van der Waals surface area contributed by atoms with E-state index in [4.69, 9.17) is 13.9 Å². The predicted octanol–water partition coefficient (Wildman–Crippen LogP) is 3.43. The third-order valence-corrected chi connectivity index (χ3v) is 5.06. The molecule has 0 unspecified atom stereocenters. The highest BCUT2D eigenvalue weighted by Gasteiger charge is 2.18. The standard InChI is InChI=1S/C19H12N2O5S/c22-12-8-16(26-13-4-2-1-3-10(12)13)18(23)21-19-20-11-7-14-15(9-17(11)27-19)25-6-5-24-14/h1-4,7-9H,5-6H2,(H,20,21,23). The van der Waals surface area contributed by atoms with Gasteiger partial charge in [0.15, 0.2) is 27.8 Å². The van der Waals surface area contributed by atoms with Crippen molar-refractivity contribution in [1.29, 1.82) is 0 Å². The van der Waals surface area contributed by atoms with Gasteiger partial charge in [-0.05, 0) is 12.1 Å². The Bertz CT molecular complexity index is 1220. The lowest BCUT2D eigenvalue weighted by molar-refractivity contribution is 0.0997. The molecule has 1 amide bonds. The minimum Gasteiger partial charge on any atom is -0.486 e. The molecule has 0 spiro atoms. The molecule has 0 radical (unpaired) electrons. The van der Waals surface area contributed by atoms with Crippen LogP contribution in [0.1, 0.15) is 10.6 Å². The van der Waals surface area contributed by atoms with Gasteiger partial charge in [0, 0.05) is 18.2 Å². The molecule has 0 saturated carbocycles. The first kappa shape index (κ1) is 15.8. The van der Waals surface area contributed by atoms with Gasteiger partial charge in [-0.15, -0.1) is 0 Å². The second-order valence-electron chi connectivity index (χ2n) is 5.91. The average Bonchev–Trinajstić information content (AvgIpc) is 3.07. The second-order valence-corrected chi connectivity index (χ2v) is 6.94. The zero-order valence-electron chi connectivity index (χ0n) is 13.9. The predicted molar refractivity (Wildman–Crippen MR) is 101 cm³/mol. The Morgan fingerprint density at radius 1 is 1.07 bits per heavy atom. The van der Waals surface area contributed by atoms with Crippen LogP contribution in [0.15, 0.2) is 51.7 Å². The number of benzene rings is 2. The lowest BCUT2D eigenvalue weighted by Gasteiger charge is -2.17. The fraction of sp³-hybridized carbons (Fsp3) is 0.105. The van der Waals surface area contributed by atoms with Gasteiger partial charge in [0.2, 0.25) is 0 Å².